The third kappa shape index (κ3) is 2.44. The summed E-state index contributed by atoms with van der Waals surface area (Å²) in [5.74, 6) is 0. The van der Waals surface area contributed by atoms with E-state index in [-0.39, 0.29) is 6.04 Å². The van der Waals surface area contributed by atoms with E-state index in [0.29, 0.717) is 6.54 Å². The van der Waals surface area contributed by atoms with Crippen LogP contribution in [0.4, 0.5) is 0 Å². The van der Waals surface area contributed by atoms with Crippen LogP contribution in [0.1, 0.15) is 47.8 Å². The number of rotatable bonds is 4. The lowest BCUT2D eigenvalue weighted by Gasteiger charge is -2.37. The quantitative estimate of drug-likeness (QED) is 0.849. The summed E-state index contributed by atoms with van der Waals surface area (Å²) in [7, 11) is 0. The maximum absolute atomic E-state index is 10.0. The van der Waals surface area contributed by atoms with Gasteiger partial charge in [-0.3, -0.25) is 0 Å². The second-order valence-corrected chi connectivity index (χ2v) is 6.10. The SMILES string of the molecule is Cc1nc(C)c(C(C)NCC2(O)CCC2)s1. The molecule has 1 aliphatic rings. The molecule has 0 amide bonds. The van der Waals surface area contributed by atoms with Crippen LogP contribution in [0.3, 0.4) is 0 Å². The number of aromatic nitrogens is 1. The Kier molecular flexibility index (Phi) is 3.33. The van der Waals surface area contributed by atoms with Crippen molar-refractivity contribution in [2.45, 2.75) is 51.7 Å². The zero-order valence-electron chi connectivity index (χ0n) is 10.2. The monoisotopic (exact) mass is 240 g/mol. The molecule has 90 valence electrons. The highest BCUT2D eigenvalue weighted by Gasteiger charge is 2.34. The summed E-state index contributed by atoms with van der Waals surface area (Å²) < 4.78 is 0. The summed E-state index contributed by atoms with van der Waals surface area (Å²) in [5.41, 5.74) is 0.671. The molecule has 1 aromatic heterocycles. The lowest BCUT2D eigenvalue weighted by atomic mass is 9.80. The predicted octanol–water partition coefficient (Wildman–Crippen LogP) is 2.33. The topological polar surface area (TPSA) is 45.2 Å². The number of nitrogens with zero attached hydrogens (tertiary/aromatic N) is 1. The maximum atomic E-state index is 10.0. The Morgan fingerprint density at radius 2 is 2.19 bits per heavy atom. The summed E-state index contributed by atoms with van der Waals surface area (Å²) in [6, 6.07) is 0.288. The molecule has 1 fully saturated rings. The first-order chi connectivity index (χ1) is 7.50. The summed E-state index contributed by atoms with van der Waals surface area (Å²) >= 11 is 1.74. The number of hydrogen-bond acceptors (Lipinski definition) is 4. The fourth-order valence-electron chi connectivity index (χ4n) is 2.15. The van der Waals surface area contributed by atoms with Gasteiger partial charge in [-0.25, -0.2) is 4.98 Å². The van der Waals surface area contributed by atoms with Crippen molar-refractivity contribution >= 4 is 11.3 Å². The highest BCUT2D eigenvalue weighted by atomic mass is 32.1. The van der Waals surface area contributed by atoms with Gasteiger partial charge in [-0.15, -0.1) is 11.3 Å². The Morgan fingerprint density at radius 1 is 1.50 bits per heavy atom. The summed E-state index contributed by atoms with van der Waals surface area (Å²) in [4.78, 5) is 5.72. The zero-order chi connectivity index (χ0) is 11.8. The van der Waals surface area contributed by atoms with Crippen molar-refractivity contribution in [3.05, 3.63) is 15.6 Å². The Hall–Kier alpha value is -0.450. The lowest BCUT2D eigenvalue weighted by molar-refractivity contribution is -0.0328. The first-order valence-electron chi connectivity index (χ1n) is 5.90. The van der Waals surface area contributed by atoms with E-state index in [9.17, 15) is 5.11 Å². The van der Waals surface area contributed by atoms with Crippen LogP contribution in [0.2, 0.25) is 0 Å². The van der Waals surface area contributed by atoms with Gasteiger partial charge in [0.15, 0.2) is 0 Å². The summed E-state index contributed by atoms with van der Waals surface area (Å²) in [6.07, 6.45) is 3.03. The third-order valence-electron chi connectivity index (χ3n) is 3.35. The van der Waals surface area contributed by atoms with Gasteiger partial charge >= 0.3 is 0 Å². The van der Waals surface area contributed by atoms with Gasteiger partial charge in [-0.2, -0.15) is 0 Å². The second kappa shape index (κ2) is 4.43. The molecule has 1 aromatic rings. The van der Waals surface area contributed by atoms with Gasteiger partial charge in [0.1, 0.15) is 0 Å². The van der Waals surface area contributed by atoms with Crippen LogP contribution >= 0.6 is 11.3 Å². The van der Waals surface area contributed by atoms with E-state index in [4.69, 9.17) is 0 Å². The van der Waals surface area contributed by atoms with Crippen molar-refractivity contribution in [2.24, 2.45) is 0 Å². The van der Waals surface area contributed by atoms with Crippen LogP contribution in [0.25, 0.3) is 0 Å². The van der Waals surface area contributed by atoms with Crippen molar-refractivity contribution in [3.63, 3.8) is 0 Å². The molecule has 1 heterocycles. The van der Waals surface area contributed by atoms with Crippen LogP contribution in [-0.2, 0) is 0 Å². The minimum atomic E-state index is -0.443. The Labute approximate surface area is 101 Å². The minimum absolute atomic E-state index is 0.288. The average molecular weight is 240 g/mol. The van der Waals surface area contributed by atoms with Gasteiger partial charge in [0.05, 0.1) is 16.3 Å². The normalized spacial score (nSPS) is 20.5. The second-order valence-electron chi connectivity index (χ2n) is 4.86. The van der Waals surface area contributed by atoms with Crippen LogP contribution in [0.5, 0.6) is 0 Å². The van der Waals surface area contributed by atoms with E-state index in [2.05, 4.69) is 24.1 Å². The highest BCUT2D eigenvalue weighted by molar-refractivity contribution is 7.11. The first-order valence-corrected chi connectivity index (χ1v) is 6.71. The Morgan fingerprint density at radius 3 is 2.62 bits per heavy atom. The maximum Gasteiger partial charge on any atom is 0.0900 e. The molecule has 1 unspecified atom stereocenters. The molecular formula is C12H20N2OS. The van der Waals surface area contributed by atoms with Crippen molar-refractivity contribution in [3.8, 4) is 0 Å². The minimum Gasteiger partial charge on any atom is -0.389 e. The molecule has 1 aliphatic carbocycles. The molecule has 1 saturated carbocycles. The van der Waals surface area contributed by atoms with Crippen LogP contribution in [0, 0.1) is 13.8 Å². The number of thiazole rings is 1. The van der Waals surface area contributed by atoms with E-state index >= 15 is 0 Å². The molecule has 0 bridgehead atoms. The third-order valence-corrected chi connectivity index (χ3v) is 4.61. The van der Waals surface area contributed by atoms with E-state index < -0.39 is 5.60 Å². The molecule has 0 aliphatic heterocycles. The Bertz CT molecular complexity index is 371. The van der Waals surface area contributed by atoms with Crippen molar-refractivity contribution < 1.29 is 5.11 Å². The number of aryl methyl sites for hydroxylation is 2. The molecule has 2 N–H and O–H groups in total. The molecule has 0 spiro atoms. The number of hydrogen-bond donors (Lipinski definition) is 2. The Balaban J connectivity index is 1.92. The fraction of sp³-hybridized carbons (Fsp3) is 0.750. The van der Waals surface area contributed by atoms with Crippen molar-refractivity contribution in [2.75, 3.05) is 6.54 Å². The van der Waals surface area contributed by atoms with Crippen LogP contribution in [0.15, 0.2) is 0 Å². The van der Waals surface area contributed by atoms with Gasteiger partial charge in [0.25, 0.3) is 0 Å². The van der Waals surface area contributed by atoms with Gasteiger partial charge < -0.3 is 10.4 Å². The molecule has 1 atom stereocenters. The molecule has 0 saturated heterocycles. The predicted molar refractivity (Wildman–Crippen MR) is 66.8 cm³/mol. The van der Waals surface area contributed by atoms with Gasteiger partial charge in [-0.05, 0) is 40.0 Å². The van der Waals surface area contributed by atoms with E-state index in [1.165, 1.54) is 4.88 Å². The molecule has 2 rings (SSSR count). The largest absolute Gasteiger partial charge is 0.389 e. The van der Waals surface area contributed by atoms with Crippen LogP contribution < -0.4 is 5.32 Å². The number of nitrogens with one attached hydrogen (secondary N) is 1. The smallest absolute Gasteiger partial charge is 0.0900 e. The standard InChI is InChI=1S/C12H20N2OS/c1-8(11-9(2)14-10(3)16-11)13-7-12(15)5-4-6-12/h8,13,15H,4-7H2,1-3H3. The molecule has 16 heavy (non-hydrogen) atoms. The van der Waals surface area contributed by atoms with E-state index in [1.54, 1.807) is 11.3 Å². The highest BCUT2D eigenvalue weighted by Crippen LogP contribution is 2.32. The van der Waals surface area contributed by atoms with Crippen LogP contribution in [-0.4, -0.2) is 22.2 Å². The fourth-order valence-corrected chi connectivity index (χ4v) is 3.10. The molecule has 3 nitrogen and oxygen atoms in total. The number of aliphatic hydroxyl groups is 1. The van der Waals surface area contributed by atoms with Gasteiger partial charge in [-0.1, -0.05) is 0 Å². The van der Waals surface area contributed by atoms with E-state index in [1.807, 2.05) is 6.92 Å². The van der Waals surface area contributed by atoms with Gasteiger partial charge in [0.2, 0.25) is 0 Å². The molecule has 4 heteroatoms. The summed E-state index contributed by atoms with van der Waals surface area (Å²) in [6.45, 7) is 6.93. The zero-order valence-corrected chi connectivity index (χ0v) is 11.0. The first kappa shape index (κ1) is 12.0. The molecular weight excluding hydrogens is 220 g/mol. The molecule has 0 aromatic carbocycles. The van der Waals surface area contributed by atoms with Gasteiger partial charge in [0, 0.05) is 17.5 Å². The molecule has 0 radical (unpaired) electrons. The van der Waals surface area contributed by atoms with Crippen molar-refractivity contribution in [1.29, 1.82) is 0 Å². The summed E-state index contributed by atoms with van der Waals surface area (Å²) in [5, 5.41) is 14.5. The average Bonchev–Trinajstić information content (AvgIpc) is 2.51. The van der Waals surface area contributed by atoms with E-state index in [0.717, 1.165) is 30.0 Å². The van der Waals surface area contributed by atoms with Crippen molar-refractivity contribution in [1.82, 2.24) is 10.3 Å². The lowest BCUT2D eigenvalue weighted by Crippen LogP contribution is -2.46.